The van der Waals surface area contributed by atoms with E-state index < -0.39 is 12.2 Å². The molecule has 2 aromatic carbocycles. The van der Waals surface area contributed by atoms with Gasteiger partial charge in [0.15, 0.2) is 0 Å². The second-order valence-corrected chi connectivity index (χ2v) is 10.1. The van der Waals surface area contributed by atoms with Crippen molar-refractivity contribution in [3.05, 3.63) is 71.3 Å². The predicted octanol–water partition coefficient (Wildman–Crippen LogP) is 2.98. The molecule has 2 fully saturated rings. The number of fused-ring (bicyclic) bond motifs is 1. The standard InChI is InChI=1S/C29H35N5O3/c1-5-15-32-20-27(35)33-25(16-21(2)3)28(36)31(18-24-13-11-22(4)12-14-24)19-26(33)34(32)29(37)30-17-23-9-7-6-8-10-23/h1,6-14,21,25-26H,15-20H2,2-4H3,(H,30,37)/t25-,26-/m0/s1. The maximum absolute atomic E-state index is 13.7. The summed E-state index contributed by atoms with van der Waals surface area (Å²) in [4.78, 5) is 44.1. The number of benzene rings is 2. The first-order valence-corrected chi connectivity index (χ1v) is 12.7. The van der Waals surface area contributed by atoms with E-state index in [1.165, 1.54) is 0 Å². The van der Waals surface area contributed by atoms with Gasteiger partial charge in [0.05, 0.1) is 19.6 Å². The zero-order valence-electron chi connectivity index (χ0n) is 21.8. The van der Waals surface area contributed by atoms with E-state index in [0.29, 0.717) is 19.5 Å². The van der Waals surface area contributed by atoms with Crippen LogP contribution in [0.3, 0.4) is 0 Å². The summed E-state index contributed by atoms with van der Waals surface area (Å²) in [7, 11) is 0. The van der Waals surface area contributed by atoms with Crippen molar-refractivity contribution in [3.63, 3.8) is 0 Å². The highest BCUT2D eigenvalue weighted by molar-refractivity contribution is 5.91. The Morgan fingerprint density at radius 1 is 1.08 bits per heavy atom. The number of urea groups is 1. The molecule has 2 aliphatic rings. The molecule has 2 saturated heterocycles. The summed E-state index contributed by atoms with van der Waals surface area (Å²) in [6.07, 6.45) is 5.48. The number of carbonyl (C=O) groups is 3. The van der Waals surface area contributed by atoms with Gasteiger partial charge in [-0.3, -0.25) is 9.59 Å². The first-order chi connectivity index (χ1) is 17.8. The lowest BCUT2D eigenvalue weighted by atomic mass is 9.96. The molecule has 0 saturated carbocycles. The van der Waals surface area contributed by atoms with Crippen LogP contribution in [0.2, 0.25) is 0 Å². The van der Waals surface area contributed by atoms with E-state index in [9.17, 15) is 14.4 Å². The van der Waals surface area contributed by atoms with Crippen molar-refractivity contribution in [1.29, 1.82) is 0 Å². The Balaban J connectivity index is 1.65. The summed E-state index contributed by atoms with van der Waals surface area (Å²) >= 11 is 0. The van der Waals surface area contributed by atoms with Crippen LogP contribution in [0.25, 0.3) is 0 Å². The lowest BCUT2D eigenvalue weighted by Crippen LogP contribution is -2.76. The van der Waals surface area contributed by atoms with E-state index in [2.05, 4.69) is 11.2 Å². The van der Waals surface area contributed by atoms with Crippen LogP contribution >= 0.6 is 0 Å². The summed E-state index contributed by atoms with van der Waals surface area (Å²) in [5, 5.41) is 6.13. The monoisotopic (exact) mass is 501 g/mol. The van der Waals surface area contributed by atoms with Crippen LogP contribution in [-0.2, 0) is 22.7 Å². The second kappa shape index (κ2) is 11.5. The van der Waals surface area contributed by atoms with Gasteiger partial charge in [-0.15, -0.1) is 6.42 Å². The molecule has 0 aromatic heterocycles. The number of amides is 4. The van der Waals surface area contributed by atoms with E-state index in [1.54, 1.807) is 19.8 Å². The van der Waals surface area contributed by atoms with Gasteiger partial charge in [0, 0.05) is 13.1 Å². The Hall–Kier alpha value is -3.83. The van der Waals surface area contributed by atoms with Crippen molar-refractivity contribution in [3.8, 4) is 12.3 Å². The number of nitrogens with zero attached hydrogens (tertiary/aromatic N) is 4. The number of aryl methyl sites for hydroxylation is 1. The Bertz CT molecular complexity index is 1160. The number of hydrogen-bond acceptors (Lipinski definition) is 4. The van der Waals surface area contributed by atoms with Gasteiger partial charge in [-0.25, -0.2) is 9.80 Å². The van der Waals surface area contributed by atoms with Gasteiger partial charge in [-0.2, -0.15) is 5.01 Å². The maximum Gasteiger partial charge on any atom is 0.334 e. The molecule has 8 heteroatoms. The molecule has 0 unspecified atom stereocenters. The van der Waals surface area contributed by atoms with E-state index in [0.717, 1.165) is 16.7 Å². The third-order valence-electron chi connectivity index (χ3n) is 6.79. The molecule has 2 aliphatic heterocycles. The number of hydrogen-bond donors (Lipinski definition) is 1. The van der Waals surface area contributed by atoms with E-state index in [4.69, 9.17) is 6.42 Å². The molecule has 4 rings (SSSR count). The molecule has 2 aromatic rings. The molecule has 37 heavy (non-hydrogen) atoms. The summed E-state index contributed by atoms with van der Waals surface area (Å²) < 4.78 is 0. The van der Waals surface area contributed by atoms with Crippen LogP contribution in [-0.4, -0.2) is 69.5 Å². The zero-order valence-corrected chi connectivity index (χ0v) is 21.8. The average Bonchev–Trinajstić information content (AvgIpc) is 2.87. The molecule has 2 atom stereocenters. The van der Waals surface area contributed by atoms with Crippen molar-refractivity contribution in [2.45, 2.75) is 52.5 Å². The van der Waals surface area contributed by atoms with E-state index in [1.807, 2.05) is 75.4 Å². The molecule has 0 bridgehead atoms. The van der Waals surface area contributed by atoms with Gasteiger partial charge in [0.1, 0.15) is 12.2 Å². The highest BCUT2D eigenvalue weighted by atomic mass is 16.2. The predicted molar refractivity (Wildman–Crippen MR) is 141 cm³/mol. The molecule has 8 nitrogen and oxygen atoms in total. The summed E-state index contributed by atoms with van der Waals surface area (Å²) in [5.74, 6) is 2.48. The Labute approximate surface area is 219 Å². The molecular formula is C29H35N5O3. The molecule has 4 amide bonds. The highest BCUT2D eigenvalue weighted by Gasteiger charge is 2.51. The fraction of sp³-hybridized carbons (Fsp3) is 0.414. The minimum absolute atomic E-state index is 0.0563. The molecular weight excluding hydrogens is 466 g/mol. The quantitative estimate of drug-likeness (QED) is 0.592. The fourth-order valence-corrected chi connectivity index (χ4v) is 5.02. The Morgan fingerprint density at radius 2 is 1.78 bits per heavy atom. The van der Waals surface area contributed by atoms with Crippen molar-refractivity contribution in [2.75, 3.05) is 19.6 Å². The van der Waals surface area contributed by atoms with Crippen molar-refractivity contribution >= 4 is 17.8 Å². The third kappa shape index (κ3) is 5.95. The van der Waals surface area contributed by atoms with Gasteiger partial charge in [0.25, 0.3) is 0 Å². The summed E-state index contributed by atoms with van der Waals surface area (Å²) in [6.45, 7) is 7.08. The van der Waals surface area contributed by atoms with Gasteiger partial charge in [-0.05, 0) is 30.4 Å². The average molecular weight is 502 g/mol. The Kier molecular flexibility index (Phi) is 8.14. The van der Waals surface area contributed by atoms with Crippen LogP contribution in [0.5, 0.6) is 0 Å². The second-order valence-electron chi connectivity index (χ2n) is 10.1. The largest absolute Gasteiger partial charge is 0.334 e. The first kappa shape index (κ1) is 26.2. The number of piperazine rings is 1. The minimum Gasteiger partial charge on any atom is -0.333 e. The van der Waals surface area contributed by atoms with Gasteiger partial charge >= 0.3 is 6.03 Å². The van der Waals surface area contributed by atoms with Crippen molar-refractivity contribution in [1.82, 2.24) is 25.1 Å². The fourth-order valence-electron chi connectivity index (χ4n) is 5.02. The molecule has 2 heterocycles. The number of rotatable bonds is 7. The van der Waals surface area contributed by atoms with Crippen LogP contribution in [0, 0.1) is 25.2 Å². The minimum atomic E-state index is -0.655. The zero-order chi connectivity index (χ0) is 26.5. The van der Waals surface area contributed by atoms with Gasteiger partial charge in [0.2, 0.25) is 11.8 Å². The first-order valence-electron chi connectivity index (χ1n) is 12.7. The van der Waals surface area contributed by atoms with Crippen LogP contribution in [0.4, 0.5) is 4.79 Å². The van der Waals surface area contributed by atoms with Gasteiger partial charge in [-0.1, -0.05) is 79.9 Å². The molecule has 0 aliphatic carbocycles. The topological polar surface area (TPSA) is 76.2 Å². The van der Waals surface area contributed by atoms with Crippen LogP contribution in [0.15, 0.2) is 54.6 Å². The summed E-state index contributed by atoms with van der Waals surface area (Å²) in [6, 6.07) is 16.7. The highest BCUT2D eigenvalue weighted by Crippen LogP contribution is 2.30. The lowest BCUT2D eigenvalue weighted by molar-refractivity contribution is -0.190. The van der Waals surface area contributed by atoms with Gasteiger partial charge < -0.3 is 15.1 Å². The molecule has 0 spiro atoms. The lowest BCUT2D eigenvalue weighted by Gasteiger charge is -2.55. The van der Waals surface area contributed by atoms with Crippen molar-refractivity contribution < 1.29 is 14.4 Å². The SMILES string of the molecule is C#CCN1CC(=O)N2[C@@H](CC(C)C)C(=O)N(Cc3ccc(C)cc3)C[C@@H]2N1C(=O)NCc1ccccc1. The van der Waals surface area contributed by atoms with E-state index in [-0.39, 0.29) is 43.4 Å². The van der Waals surface area contributed by atoms with E-state index >= 15 is 0 Å². The maximum atomic E-state index is 13.7. The molecule has 194 valence electrons. The normalized spacial score (nSPS) is 20.1. The van der Waals surface area contributed by atoms with Crippen molar-refractivity contribution in [2.24, 2.45) is 5.92 Å². The smallest absolute Gasteiger partial charge is 0.333 e. The number of terminal acetylenes is 1. The molecule has 0 radical (unpaired) electrons. The number of nitrogens with one attached hydrogen (secondary N) is 1. The third-order valence-corrected chi connectivity index (χ3v) is 6.79. The number of hydrazine groups is 1. The van der Waals surface area contributed by atoms with Crippen LogP contribution in [0.1, 0.15) is 37.0 Å². The number of carbonyl (C=O) groups excluding carboxylic acids is 3. The Morgan fingerprint density at radius 3 is 2.43 bits per heavy atom. The summed E-state index contributed by atoms with van der Waals surface area (Å²) in [5.41, 5.74) is 3.10. The van der Waals surface area contributed by atoms with Crippen LogP contribution < -0.4 is 5.32 Å². The molecule has 1 N–H and O–H groups in total.